The Labute approximate surface area is 261 Å². The summed E-state index contributed by atoms with van der Waals surface area (Å²) in [5.41, 5.74) is 2.53. The standard InChI is InChI=1S/C34H37FN6O4/c1-22-6-10-27(18-39(2)31-4-3-5-33(38-31)45-21-26-8-7-23(16-36)14-28(26)35)40(22)19-32-37-29-11-9-25(34(42)43)15-30(29)41(32)17-24-12-13-44-20-24/h3-5,7-9,11,14-15,22,24,27H,6,10,12-13,17-21H2,1-2H3,(H,42,43). The number of aromatic carboxylic acids is 1. The molecule has 0 bridgehead atoms. The predicted octanol–water partition coefficient (Wildman–Crippen LogP) is 5.25. The molecule has 1 N–H and O–H groups in total. The number of pyridine rings is 1. The van der Waals surface area contributed by atoms with Gasteiger partial charge in [-0.2, -0.15) is 10.2 Å². The summed E-state index contributed by atoms with van der Waals surface area (Å²) < 4.78 is 28.0. The lowest BCUT2D eigenvalue weighted by Gasteiger charge is -2.32. The number of hydrogen-bond donors (Lipinski definition) is 1. The summed E-state index contributed by atoms with van der Waals surface area (Å²) in [5, 5.41) is 18.6. The van der Waals surface area contributed by atoms with E-state index in [1.807, 2.05) is 25.2 Å². The van der Waals surface area contributed by atoms with Gasteiger partial charge in [0.15, 0.2) is 0 Å². The lowest BCUT2D eigenvalue weighted by Crippen LogP contribution is -2.42. The van der Waals surface area contributed by atoms with Gasteiger partial charge in [0.2, 0.25) is 5.88 Å². The molecule has 2 aromatic carbocycles. The van der Waals surface area contributed by atoms with Crippen molar-refractivity contribution in [2.45, 2.75) is 58.0 Å². The summed E-state index contributed by atoms with van der Waals surface area (Å²) in [6.07, 6.45) is 3.06. The molecule has 11 heteroatoms. The predicted molar refractivity (Wildman–Crippen MR) is 167 cm³/mol. The van der Waals surface area contributed by atoms with E-state index in [1.54, 1.807) is 36.4 Å². The van der Waals surface area contributed by atoms with Crippen molar-refractivity contribution in [2.24, 2.45) is 5.92 Å². The molecule has 4 heterocycles. The van der Waals surface area contributed by atoms with Gasteiger partial charge in [-0.1, -0.05) is 12.1 Å². The number of fused-ring (bicyclic) bond motifs is 1. The van der Waals surface area contributed by atoms with E-state index in [4.69, 9.17) is 19.7 Å². The molecule has 0 radical (unpaired) electrons. The van der Waals surface area contributed by atoms with Gasteiger partial charge in [-0.25, -0.2) is 14.2 Å². The molecular weight excluding hydrogens is 575 g/mol. The first-order valence-corrected chi connectivity index (χ1v) is 15.3. The van der Waals surface area contributed by atoms with Crippen LogP contribution in [0.2, 0.25) is 0 Å². The molecule has 6 rings (SSSR count). The molecule has 3 unspecified atom stereocenters. The molecule has 234 valence electrons. The van der Waals surface area contributed by atoms with Crippen LogP contribution in [-0.4, -0.2) is 69.4 Å². The molecule has 4 aromatic rings. The van der Waals surface area contributed by atoms with Gasteiger partial charge in [0.05, 0.1) is 41.4 Å². The molecule has 0 spiro atoms. The quantitative estimate of drug-likeness (QED) is 0.243. The first-order chi connectivity index (χ1) is 21.8. The minimum Gasteiger partial charge on any atom is -0.478 e. The van der Waals surface area contributed by atoms with Crippen LogP contribution in [0.5, 0.6) is 5.88 Å². The summed E-state index contributed by atoms with van der Waals surface area (Å²) in [6.45, 7) is 5.83. The lowest BCUT2D eigenvalue weighted by atomic mass is 10.1. The first-order valence-electron chi connectivity index (χ1n) is 15.3. The van der Waals surface area contributed by atoms with Crippen LogP contribution in [-0.2, 0) is 24.4 Å². The molecule has 2 saturated heterocycles. The molecule has 0 amide bonds. The van der Waals surface area contributed by atoms with Crippen LogP contribution in [0.3, 0.4) is 0 Å². The van der Waals surface area contributed by atoms with Crippen molar-refractivity contribution < 1.29 is 23.8 Å². The molecule has 3 atom stereocenters. The van der Waals surface area contributed by atoms with Crippen LogP contribution < -0.4 is 9.64 Å². The van der Waals surface area contributed by atoms with Gasteiger partial charge < -0.3 is 24.0 Å². The average molecular weight is 613 g/mol. The van der Waals surface area contributed by atoms with Gasteiger partial charge in [-0.3, -0.25) is 4.90 Å². The van der Waals surface area contributed by atoms with Gasteiger partial charge in [-0.15, -0.1) is 0 Å². The van der Waals surface area contributed by atoms with Crippen molar-refractivity contribution in [3.05, 3.63) is 82.9 Å². The zero-order valence-corrected chi connectivity index (χ0v) is 25.5. The molecule has 10 nitrogen and oxygen atoms in total. The minimum atomic E-state index is -0.948. The van der Waals surface area contributed by atoms with Crippen LogP contribution in [0, 0.1) is 23.1 Å². The Bertz CT molecular complexity index is 1730. The number of aromatic nitrogens is 3. The third-order valence-electron chi connectivity index (χ3n) is 8.96. The van der Waals surface area contributed by atoms with Crippen molar-refractivity contribution in [3.63, 3.8) is 0 Å². The topological polar surface area (TPSA) is 117 Å². The van der Waals surface area contributed by atoms with Crippen molar-refractivity contribution >= 4 is 22.8 Å². The number of likely N-dealkylation sites (N-methyl/N-ethyl adjacent to an activating group) is 1. The van der Waals surface area contributed by atoms with E-state index in [2.05, 4.69) is 26.3 Å². The van der Waals surface area contributed by atoms with Crippen molar-refractivity contribution in [1.29, 1.82) is 5.26 Å². The Morgan fingerprint density at radius 1 is 1.18 bits per heavy atom. The van der Waals surface area contributed by atoms with E-state index in [0.29, 0.717) is 36.6 Å². The van der Waals surface area contributed by atoms with Crippen LogP contribution in [0.25, 0.3) is 11.0 Å². The number of imidazole rings is 1. The fourth-order valence-electron chi connectivity index (χ4n) is 6.38. The smallest absolute Gasteiger partial charge is 0.335 e. The van der Waals surface area contributed by atoms with Gasteiger partial charge in [-0.05, 0) is 62.6 Å². The second kappa shape index (κ2) is 13.2. The number of likely N-dealkylation sites (tertiary alicyclic amines) is 1. The second-order valence-corrected chi connectivity index (χ2v) is 12.1. The highest BCUT2D eigenvalue weighted by Gasteiger charge is 2.33. The lowest BCUT2D eigenvalue weighted by molar-refractivity contribution is 0.0697. The van der Waals surface area contributed by atoms with Crippen molar-refractivity contribution in [2.75, 3.05) is 31.7 Å². The fraction of sp³-hybridized carbons (Fsp3) is 0.412. The van der Waals surface area contributed by atoms with Gasteiger partial charge in [0, 0.05) is 56.4 Å². The molecule has 45 heavy (non-hydrogen) atoms. The SMILES string of the molecule is CC1CCC(CN(C)c2cccc(OCc3ccc(C#N)cc3F)n2)N1Cc1nc2ccc(C(=O)O)cc2n1CC1CCOC1. The maximum atomic E-state index is 14.3. The third kappa shape index (κ3) is 6.77. The largest absolute Gasteiger partial charge is 0.478 e. The number of nitrogens with zero attached hydrogens (tertiary/aromatic N) is 6. The first kappa shape index (κ1) is 30.5. The highest BCUT2D eigenvalue weighted by molar-refractivity contribution is 5.92. The summed E-state index contributed by atoms with van der Waals surface area (Å²) in [6, 6.07) is 17.6. The molecular formula is C34H37FN6O4. The zero-order valence-electron chi connectivity index (χ0n) is 25.5. The van der Waals surface area contributed by atoms with E-state index < -0.39 is 11.8 Å². The summed E-state index contributed by atoms with van der Waals surface area (Å²) in [5.74, 6) is 1.01. The minimum absolute atomic E-state index is 0.00751. The number of nitriles is 1. The number of halogens is 1. The summed E-state index contributed by atoms with van der Waals surface area (Å²) in [7, 11) is 2.01. The van der Waals surface area contributed by atoms with Crippen LogP contribution in [0.15, 0.2) is 54.6 Å². The van der Waals surface area contributed by atoms with Gasteiger partial charge in [0.25, 0.3) is 0 Å². The molecule has 2 aliphatic heterocycles. The molecule has 0 saturated carbocycles. The third-order valence-corrected chi connectivity index (χ3v) is 8.96. The Kier molecular flexibility index (Phi) is 8.96. The highest BCUT2D eigenvalue weighted by atomic mass is 19.1. The van der Waals surface area contributed by atoms with Crippen LogP contribution in [0.4, 0.5) is 10.2 Å². The fourth-order valence-corrected chi connectivity index (χ4v) is 6.38. The number of carboxylic acid groups (broad SMARTS) is 1. The number of benzene rings is 2. The Morgan fingerprint density at radius 2 is 2.04 bits per heavy atom. The summed E-state index contributed by atoms with van der Waals surface area (Å²) >= 11 is 0. The van der Waals surface area contributed by atoms with E-state index in [-0.39, 0.29) is 23.8 Å². The number of carbonyl (C=O) groups is 1. The zero-order chi connectivity index (χ0) is 31.5. The van der Waals surface area contributed by atoms with Crippen molar-refractivity contribution in [3.8, 4) is 11.9 Å². The monoisotopic (exact) mass is 612 g/mol. The maximum absolute atomic E-state index is 14.3. The molecule has 2 fully saturated rings. The second-order valence-electron chi connectivity index (χ2n) is 12.1. The number of anilines is 1. The Morgan fingerprint density at radius 3 is 2.80 bits per heavy atom. The highest BCUT2D eigenvalue weighted by Crippen LogP contribution is 2.30. The molecule has 0 aliphatic carbocycles. The maximum Gasteiger partial charge on any atom is 0.335 e. The Balaban J connectivity index is 1.17. The van der Waals surface area contributed by atoms with E-state index in [9.17, 15) is 14.3 Å². The van der Waals surface area contributed by atoms with E-state index >= 15 is 0 Å². The number of rotatable bonds is 11. The van der Waals surface area contributed by atoms with Crippen LogP contribution in [0.1, 0.15) is 53.5 Å². The number of carboxylic acids is 1. The molecule has 2 aromatic heterocycles. The number of ether oxygens (including phenoxy) is 2. The van der Waals surface area contributed by atoms with Gasteiger partial charge >= 0.3 is 5.97 Å². The van der Waals surface area contributed by atoms with E-state index in [1.165, 1.54) is 6.07 Å². The van der Waals surface area contributed by atoms with Gasteiger partial charge in [0.1, 0.15) is 24.1 Å². The number of hydrogen-bond acceptors (Lipinski definition) is 8. The van der Waals surface area contributed by atoms with Crippen LogP contribution >= 0.6 is 0 Å². The Hall–Kier alpha value is -4.53. The summed E-state index contributed by atoms with van der Waals surface area (Å²) in [4.78, 5) is 26.0. The normalized spacial score (nSPS) is 20.0. The average Bonchev–Trinajstić information content (AvgIpc) is 3.77. The van der Waals surface area contributed by atoms with E-state index in [0.717, 1.165) is 61.6 Å². The molecule has 2 aliphatic rings. The van der Waals surface area contributed by atoms with Crippen molar-refractivity contribution in [1.82, 2.24) is 19.4 Å².